The fraction of sp³-hybridized carbons (Fsp3) is 0.286. The van der Waals surface area contributed by atoms with Crippen LogP contribution in [0.2, 0.25) is 0 Å². The Labute approximate surface area is 105 Å². The maximum absolute atomic E-state index is 13.4. The lowest BCUT2D eigenvalue weighted by Gasteiger charge is -2.15. The van der Waals surface area contributed by atoms with E-state index in [9.17, 15) is 4.39 Å². The molecule has 0 aliphatic heterocycles. The Hall–Kier alpha value is -2.15. The number of benzene rings is 1. The maximum atomic E-state index is 13.4. The maximum Gasteiger partial charge on any atom is 0.123 e. The molecule has 0 radical (unpaired) electrons. The van der Waals surface area contributed by atoms with E-state index in [0.29, 0.717) is 5.56 Å². The lowest BCUT2D eigenvalue weighted by Crippen LogP contribution is -2.02. The number of aromatic nitrogens is 2. The summed E-state index contributed by atoms with van der Waals surface area (Å²) in [4.78, 5) is 0. The van der Waals surface area contributed by atoms with Crippen molar-refractivity contribution in [2.24, 2.45) is 7.05 Å². The van der Waals surface area contributed by atoms with Gasteiger partial charge in [-0.15, -0.1) is 0 Å². The third-order valence-corrected chi connectivity index (χ3v) is 3.04. The highest BCUT2D eigenvalue weighted by Crippen LogP contribution is 2.30. The minimum atomic E-state index is -0.314. The Morgan fingerprint density at radius 1 is 1.50 bits per heavy atom. The zero-order valence-electron chi connectivity index (χ0n) is 10.4. The highest BCUT2D eigenvalue weighted by Gasteiger charge is 2.18. The van der Waals surface area contributed by atoms with E-state index >= 15 is 0 Å². The zero-order valence-corrected chi connectivity index (χ0v) is 10.4. The van der Waals surface area contributed by atoms with E-state index in [0.717, 1.165) is 17.5 Å². The SMILES string of the molecule is CC[C@H](c1cnn(C)c1)c1cc(F)ccc1C#N. The first kappa shape index (κ1) is 12.3. The van der Waals surface area contributed by atoms with E-state index in [-0.39, 0.29) is 11.7 Å². The predicted molar refractivity (Wildman–Crippen MR) is 66.5 cm³/mol. The predicted octanol–water partition coefficient (Wildman–Crippen LogP) is 2.97. The van der Waals surface area contributed by atoms with Gasteiger partial charge in [-0.25, -0.2) is 4.39 Å². The largest absolute Gasteiger partial charge is 0.276 e. The molecule has 0 bridgehead atoms. The summed E-state index contributed by atoms with van der Waals surface area (Å²) >= 11 is 0. The number of hydrogen-bond acceptors (Lipinski definition) is 2. The van der Waals surface area contributed by atoms with Crippen molar-refractivity contribution in [1.29, 1.82) is 5.26 Å². The van der Waals surface area contributed by atoms with E-state index in [4.69, 9.17) is 5.26 Å². The summed E-state index contributed by atoms with van der Waals surface area (Å²) in [6.45, 7) is 2.02. The van der Waals surface area contributed by atoms with Gasteiger partial charge in [0.05, 0.1) is 17.8 Å². The van der Waals surface area contributed by atoms with Crippen LogP contribution < -0.4 is 0 Å². The Morgan fingerprint density at radius 2 is 2.28 bits per heavy atom. The molecule has 1 aromatic carbocycles. The van der Waals surface area contributed by atoms with Crippen molar-refractivity contribution >= 4 is 0 Å². The van der Waals surface area contributed by atoms with Gasteiger partial charge < -0.3 is 0 Å². The molecule has 1 heterocycles. The lowest BCUT2D eigenvalue weighted by atomic mass is 9.88. The molecule has 0 aliphatic rings. The van der Waals surface area contributed by atoms with Crippen LogP contribution in [0.15, 0.2) is 30.6 Å². The molecular weight excluding hydrogens is 229 g/mol. The Bertz CT molecular complexity index is 595. The van der Waals surface area contributed by atoms with Crippen LogP contribution in [-0.4, -0.2) is 9.78 Å². The fourth-order valence-electron chi connectivity index (χ4n) is 2.18. The first-order valence-electron chi connectivity index (χ1n) is 5.83. The first-order chi connectivity index (χ1) is 8.65. The van der Waals surface area contributed by atoms with Gasteiger partial charge >= 0.3 is 0 Å². The molecule has 0 spiro atoms. The van der Waals surface area contributed by atoms with Gasteiger partial charge in [-0.1, -0.05) is 6.92 Å². The van der Waals surface area contributed by atoms with Crippen molar-refractivity contribution in [2.45, 2.75) is 19.3 Å². The van der Waals surface area contributed by atoms with Crippen molar-refractivity contribution in [3.05, 3.63) is 53.1 Å². The van der Waals surface area contributed by atoms with E-state index in [1.807, 2.05) is 20.2 Å². The van der Waals surface area contributed by atoms with Crippen molar-refractivity contribution in [2.75, 3.05) is 0 Å². The summed E-state index contributed by atoms with van der Waals surface area (Å²) in [5.74, 6) is -0.310. The minimum absolute atomic E-state index is 0.00375. The van der Waals surface area contributed by atoms with Crippen LogP contribution in [0.5, 0.6) is 0 Å². The van der Waals surface area contributed by atoms with Crippen molar-refractivity contribution in [3.8, 4) is 6.07 Å². The van der Waals surface area contributed by atoms with Crippen LogP contribution in [0, 0.1) is 17.1 Å². The molecule has 0 saturated carbocycles. The molecule has 0 N–H and O–H groups in total. The van der Waals surface area contributed by atoms with Gasteiger partial charge in [0.1, 0.15) is 5.82 Å². The molecule has 0 saturated heterocycles. The van der Waals surface area contributed by atoms with Gasteiger partial charge in [-0.05, 0) is 35.7 Å². The Balaban J connectivity index is 2.51. The molecule has 1 atom stereocenters. The Kier molecular flexibility index (Phi) is 3.42. The molecule has 0 fully saturated rings. The summed E-state index contributed by atoms with van der Waals surface area (Å²) < 4.78 is 15.1. The fourth-order valence-corrected chi connectivity index (χ4v) is 2.18. The number of nitrogens with zero attached hydrogens (tertiary/aromatic N) is 3. The van der Waals surface area contributed by atoms with Crippen LogP contribution >= 0.6 is 0 Å². The topological polar surface area (TPSA) is 41.6 Å². The molecule has 18 heavy (non-hydrogen) atoms. The van der Waals surface area contributed by atoms with Crippen LogP contribution in [-0.2, 0) is 7.05 Å². The first-order valence-corrected chi connectivity index (χ1v) is 5.83. The third-order valence-electron chi connectivity index (χ3n) is 3.04. The molecule has 92 valence electrons. The van der Waals surface area contributed by atoms with Crippen LogP contribution in [0.25, 0.3) is 0 Å². The quantitative estimate of drug-likeness (QED) is 0.831. The number of rotatable bonds is 3. The number of halogens is 1. The highest BCUT2D eigenvalue weighted by molar-refractivity contribution is 5.43. The molecule has 2 aromatic rings. The molecule has 0 aliphatic carbocycles. The molecule has 0 unspecified atom stereocenters. The number of aryl methyl sites for hydroxylation is 1. The second kappa shape index (κ2) is 5.01. The highest BCUT2D eigenvalue weighted by atomic mass is 19.1. The molecule has 0 amide bonds. The molecule has 3 nitrogen and oxygen atoms in total. The number of nitriles is 1. The third kappa shape index (κ3) is 2.25. The van der Waals surface area contributed by atoms with Crippen molar-refractivity contribution < 1.29 is 4.39 Å². The Morgan fingerprint density at radius 3 is 2.83 bits per heavy atom. The van der Waals surface area contributed by atoms with Crippen molar-refractivity contribution in [1.82, 2.24) is 9.78 Å². The average molecular weight is 243 g/mol. The minimum Gasteiger partial charge on any atom is -0.276 e. The average Bonchev–Trinajstić information content (AvgIpc) is 2.77. The van der Waals surface area contributed by atoms with Gasteiger partial charge in [0.25, 0.3) is 0 Å². The van der Waals surface area contributed by atoms with Gasteiger partial charge in [0.15, 0.2) is 0 Å². The van der Waals surface area contributed by atoms with Crippen LogP contribution in [0.4, 0.5) is 4.39 Å². The van der Waals surface area contributed by atoms with Gasteiger partial charge in [-0.2, -0.15) is 10.4 Å². The van der Waals surface area contributed by atoms with E-state index < -0.39 is 0 Å². The standard InChI is InChI=1S/C14H14FN3/c1-3-13(11-8-17-18(2)9-11)14-6-12(15)5-4-10(14)7-16/h4-6,8-9,13H,3H2,1-2H3/t13-/m1/s1. The summed E-state index contributed by atoms with van der Waals surface area (Å²) in [7, 11) is 1.84. The van der Waals surface area contributed by atoms with Gasteiger partial charge in [0.2, 0.25) is 0 Å². The summed E-state index contributed by atoms with van der Waals surface area (Å²) in [5, 5.41) is 13.2. The molecule has 4 heteroatoms. The molecular formula is C14H14FN3. The summed E-state index contributed by atoms with van der Waals surface area (Å²) in [6, 6.07) is 6.41. The van der Waals surface area contributed by atoms with Crippen LogP contribution in [0.3, 0.4) is 0 Å². The monoisotopic (exact) mass is 243 g/mol. The number of hydrogen-bond donors (Lipinski definition) is 0. The molecule has 1 aromatic heterocycles. The van der Waals surface area contributed by atoms with Gasteiger partial charge in [0, 0.05) is 19.2 Å². The van der Waals surface area contributed by atoms with Crippen LogP contribution in [0.1, 0.15) is 36.0 Å². The molecule has 2 rings (SSSR count). The summed E-state index contributed by atoms with van der Waals surface area (Å²) in [6.07, 6.45) is 4.46. The van der Waals surface area contributed by atoms with Crippen molar-refractivity contribution in [3.63, 3.8) is 0 Å². The normalized spacial score (nSPS) is 12.1. The van der Waals surface area contributed by atoms with E-state index in [1.54, 1.807) is 10.9 Å². The second-order valence-electron chi connectivity index (χ2n) is 4.25. The van der Waals surface area contributed by atoms with E-state index in [2.05, 4.69) is 11.2 Å². The lowest BCUT2D eigenvalue weighted by molar-refractivity contribution is 0.621. The smallest absolute Gasteiger partial charge is 0.123 e. The second-order valence-corrected chi connectivity index (χ2v) is 4.25. The summed E-state index contributed by atoms with van der Waals surface area (Å²) in [5.41, 5.74) is 2.25. The van der Waals surface area contributed by atoms with Gasteiger partial charge in [-0.3, -0.25) is 4.68 Å². The zero-order chi connectivity index (χ0) is 13.1. The van der Waals surface area contributed by atoms with E-state index in [1.165, 1.54) is 18.2 Å².